The first-order valence-corrected chi connectivity index (χ1v) is 6.76. The van der Waals surface area contributed by atoms with Gasteiger partial charge in [-0.15, -0.1) is 0 Å². The fourth-order valence-electron chi connectivity index (χ4n) is 2.30. The van der Waals surface area contributed by atoms with E-state index < -0.39 is 0 Å². The van der Waals surface area contributed by atoms with E-state index in [1.807, 2.05) is 11.9 Å². The lowest BCUT2D eigenvalue weighted by Crippen LogP contribution is -2.38. The third-order valence-electron chi connectivity index (χ3n) is 3.56. The molecule has 0 bridgehead atoms. The molecule has 1 rings (SSSR count). The molecule has 0 aromatic rings. The highest BCUT2D eigenvalue weighted by Gasteiger charge is 2.19. The third kappa shape index (κ3) is 5.50. The Bertz CT molecular complexity index is 225. The fourth-order valence-corrected chi connectivity index (χ4v) is 2.30. The minimum atomic E-state index is 0.268. The number of nitrogens with one attached hydrogen (secondary N) is 1. The largest absolute Gasteiger partial charge is 0.345 e. The summed E-state index contributed by atoms with van der Waals surface area (Å²) in [6.45, 7) is 7.07. The first-order valence-electron chi connectivity index (χ1n) is 6.76. The second-order valence-electron chi connectivity index (χ2n) is 5.12. The van der Waals surface area contributed by atoms with Crippen LogP contribution in [0.3, 0.4) is 0 Å². The van der Waals surface area contributed by atoms with Gasteiger partial charge in [0.05, 0.1) is 0 Å². The molecule has 1 amide bonds. The molecule has 1 heterocycles. The lowest BCUT2D eigenvalue weighted by Gasteiger charge is -2.31. The van der Waals surface area contributed by atoms with Gasteiger partial charge < -0.3 is 15.1 Å². The van der Waals surface area contributed by atoms with Gasteiger partial charge in [-0.2, -0.15) is 0 Å². The normalized spacial score (nSPS) is 18.3. The standard InChI is InChI=1S/C13H27N3O/c1-4-14-8-5-13(17)16(3)11-12-6-9-15(2)10-7-12/h12,14H,4-11H2,1-3H3. The van der Waals surface area contributed by atoms with E-state index in [4.69, 9.17) is 0 Å². The Balaban J connectivity index is 2.19. The molecule has 1 saturated heterocycles. The van der Waals surface area contributed by atoms with Crippen LogP contribution in [-0.2, 0) is 4.79 Å². The first-order chi connectivity index (χ1) is 8.13. The van der Waals surface area contributed by atoms with E-state index in [2.05, 4.69) is 24.2 Å². The number of hydrogen-bond acceptors (Lipinski definition) is 3. The number of piperidine rings is 1. The Morgan fingerprint density at radius 2 is 2.06 bits per heavy atom. The molecule has 0 radical (unpaired) electrons. The molecule has 0 aliphatic carbocycles. The maximum Gasteiger partial charge on any atom is 0.223 e. The van der Waals surface area contributed by atoms with Crippen LogP contribution in [-0.4, -0.2) is 62.5 Å². The summed E-state index contributed by atoms with van der Waals surface area (Å²) in [5, 5.41) is 3.19. The highest BCUT2D eigenvalue weighted by atomic mass is 16.2. The van der Waals surface area contributed by atoms with Crippen molar-refractivity contribution < 1.29 is 4.79 Å². The lowest BCUT2D eigenvalue weighted by molar-refractivity contribution is -0.130. The number of hydrogen-bond donors (Lipinski definition) is 1. The average Bonchev–Trinajstić information content (AvgIpc) is 2.32. The van der Waals surface area contributed by atoms with Gasteiger partial charge in [0.2, 0.25) is 5.91 Å². The van der Waals surface area contributed by atoms with Crippen molar-refractivity contribution >= 4 is 5.91 Å². The van der Waals surface area contributed by atoms with Gasteiger partial charge in [-0.25, -0.2) is 0 Å². The number of nitrogens with zero attached hydrogens (tertiary/aromatic N) is 2. The van der Waals surface area contributed by atoms with E-state index in [1.165, 1.54) is 25.9 Å². The van der Waals surface area contributed by atoms with Crippen LogP contribution >= 0.6 is 0 Å². The zero-order chi connectivity index (χ0) is 12.7. The Kier molecular flexibility index (Phi) is 6.52. The van der Waals surface area contributed by atoms with Crippen LogP contribution in [0.4, 0.5) is 0 Å². The molecular weight excluding hydrogens is 214 g/mol. The zero-order valence-corrected chi connectivity index (χ0v) is 11.5. The zero-order valence-electron chi connectivity index (χ0n) is 11.5. The average molecular weight is 241 g/mol. The summed E-state index contributed by atoms with van der Waals surface area (Å²) in [5.74, 6) is 0.962. The molecule has 0 atom stereocenters. The smallest absolute Gasteiger partial charge is 0.223 e. The predicted molar refractivity (Wildman–Crippen MR) is 71.0 cm³/mol. The minimum Gasteiger partial charge on any atom is -0.345 e. The van der Waals surface area contributed by atoms with Gasteiger partial charge in [0.25, 0.3) is 0 Å². The van der Waals surface area contributed by atoms with Crippen molar-refractivity contribution in [3.63, 3.8) is 0 Å². The van der Waals surface area contributed by atoms with Crippen molar-refractivity contribution in [3.8, 4) is 0 Å². The summed E-state index contributed by atoms with van der Waals surface area (Å²) in [7, 11) is 4.11. The molecule has 1 aliphatic rings. The predicted octanol–water partition coefficient (Wildman–Crippen LogP) is 0.786. The number of likely N-dealkylation sites (tertiary alicyclic amines) is 1. The Hall–Kier alpha value is -0.610. The van der Waals surface area contributed by atoms with E-state index in [0.717, 1.165) is 19.6 Å². The molecular formula is C13H27N3O. The molecule has 1 fully saturated rings. The van der Waals surface area contributed by atoms with Crippen molar-refractivity contribution in [1.29, 1.82) is 0 Å². The van der Waals surface area contributed by atoms with E-state index in [9.17, 15) is 4.79 Å². The SMILES string of the molecule is CCNCCC(=O)N(C)CC1CCN(C)CC1. The van der Waals surface area contributed by atoms with E-state index in [0.29, 0.717) is 12.3 Å². The summed E-state index contributed by atoms with van der Waals surface area (Å²) in [6.07, 6.45) is 3.07. The van der Waals surface area contributed by atoms with Crippen molar-refractivity contribution in [2.45, 2.75) is 26.2 Å². The van der Waals surface area contributed by atoms with Crippen molar-refractivity contribution in [3.05, 3.63) is 0 Å². The molecule has 0 aromatic heterocycles. The molecule has 100 valence electrons. The molecule has 0 unspecified atom stereocenters. The van der Waals surface area contributed by atoms with Crippen molar-refractivity contribution in [1.82, 2.24) is 15.1 Å². The van der Waals surface area contributed by atoms with Crippen LogP contribution in [0, 0.1) is 5.92 Å². The second kappa shape index (κ2) is 7.67. The number of amides is 1. The van der Waals surface area contributed by atoms with Gasteiger partial charge in [-0.3, -0.25) is 4.79 Å². The Labute approximate surface area is 105 Å². The monoisotopic (exact) mass is 241 g/mol. The van der Waals surface area contributed by atoms with Gasteiger partial charge in [0.15, 0.2) is 0 Å². The summed E-state index contributed by atoms with van der Waals surface area (Å²) >= 11 is 0. The van der Waals surface area contributed by atoms with Gasteiger partial charge in [-0.05, 0) is 45.4 Å². The quantitative estimate of drug-likeness (QED) is 0.698. The first kappa shape index (κ1) is 14.5. The van der Waals surface area contributed by atoms with Gasteiger partial charge in [0, 0.05) is 26.6 Å². The number of carbonyl (C=O) groups excluding carboxylic acids is 1. The van der Waals surface area contributed by atoms with Crippen LogP contribution in [0.2, 0.25) is 0 Å². The highest BCUT2D eigenvalue weighted by Crippen LogP contribution is 2.16. The number of carbonyl (C=O) groups is 1. The maximum atomic E-state index is 11.8. The summed E-state index contributed by atoms with van der Waals surface area (Å²) in [6, 6.07) is 0. The maximum absolute atomic E-state index is 11.8. The van der Waals surface area contributed by atoms with Crippen LogP contribution in [0.25, 0.3) is 0 Å². The molecule has 4 heteroatoms. The summed E-state index contributed by atoms with van der Waals surface area (Å²) in [5.41, 5.74) is 0. The van der Waals surface area contributed by atoms with Crippen LogP contribution < -0.4 is 5.32 Å². The molecule has 0 aromatic carbocycles. The minimum absolute atomic E-state index is 0.268. The van der Waals surface area contributed by atoms with E-state index in [-0.39, 0.29) is 5.91 Å². The Morgan fingerprint density at radius 1 is 1.41 bits per heavy atom. The molecule has 4 nitrogen and oxygen atoms in total. The van der Waals surface area contributed by atoms with E-state index in [1.54, 1.807) is 0 Å². The summed E-state index contributed by atoms with van der Waals surface area (Å²) in [4.78, 5) is 16.1. The molecule has 0 saturated carbocycles. The molecule has 1 N–H and O–H groups in total. The molecule has 0 spiro atoms. The number of rotatable bonds is 6. The van der Waals surface area contributed by atoms with Gasteiger partial charge >= 0.3 is 0 Å². The van der Waals surface area contributed by atoms with Crippen LogP contribution in [0.15, 0.2) is 0 Å². The van der Waals surface area contributed by atoms with Crippen molar-refractivity contribution in [2.75, 3.05) is 46.8 Å². The second-order valence-corrected chi connectivity index (χ2v) is 5.12. The third-order valence-corrected chi connectivity index (χ3v) is 3.56. The summed E-state index contributed by atoms with van der Waals surface area (Å²) < 4.78 is 0. The molecule has 1 aliphatic heterocycles. The highest BCUT2D eigenvalue weighted by molar-refractivity contribution is 5.76. The van der Waals surface area contributed by atoms with Crippen LogP contribution in [0.5, 0.6) is 0 Å². The fraction of sp³-hybridized carbons (Fsp3) is 0.923. The van der Waals surface area contributed by atoms with E-state index >= 15 is 0 Å². The topological polar surface area (TPSA) is 35.6 Å². The van der Waals surface area contributed by atoms with Gasteiger partial charge in [0.1, 0.15) is 0 Å². The van der Waals surface area contributed by atoms with Gasteiger partial charge in [-0.1, -0.05) is 6.92 Å². The Morgan fingerprint density at radius 3 is 2.65 bits per heavy atom. The molecule has 17 heavy (non-hydrogen) atoms. The van der Waals surface area contributed by atoms with Crippen molar-refractivity contribution in [2.24, 2.45) is 5.92 Å². The lowest BCUT2D eigenvalue weighted by atomic mass is 9.96. The van der Waals surface area contributed by atoms with Crippen LogP contribution in [0.1, 0.15) is 26.2 Å².